The zero-order valence-electron chi connectivity index (χ0n) is 20.9. The summed E-state index contributed by atoms with van der Waals surface area (Å²) in [6, 6.07) is 10.7. The third-order valence-electron chi connectivity index (χ3n) is 6.41. The number of anilines is 1. The second kappa shape index (κ2) is 8.78. The van der Waals surface area contributed by atoms with Crippen LogP contribution in [0.15, 0.2) is 42.7 Å². The smallest absolute Gasteiger partial charge is 0.151 e. The molecule has 1 aliphatic heterocycles. The van der Waals surface area contributed by atoms with Gasteiger partial charge in [-0.2, -0.15) is 5.10 Å². The number of nitrogens with zero attached hydrogens (tertiary/aromatic N) is 5. The third-order valence-corrected chi connectivity index (χ3v) is 6.41. The van der Waals surface area contributed by atoms with Crippen molar-refractivity contribution in [1.82, 2.24) is 25.3 Å². The summed E-state index contributed by atoms with van der Waals surface area (Å²) in [6.45, 7) is 12.2. The van der Waals surface area contributed by atoms with Gasteiger partial charge in [-0.1, -0.05) is 6.07 Å². The van der Waals surface area contributed by atoms with Crippen LogP contribution >= 0.6 is 0 Å². The van der Waals surface area contributed by atoms with E-state index in [1.807, 2.05) is 37.6 Å². The number of nitrogens with one attached hydrogen (secondary N) is 1. The van der Waals surface area contributed by atoms with Crippen molar-refractivity contribution in [3.8, 4) is 28.1 Å². The Hall–Kier alpha value is -2.93. The average Bonchev–Trinajstić information content (AvgIpc) is 3.18. The van der Waals surface area contributed by atoms with Crippen LogP contribution in [0.1, 0.15) is 47.5 Å². The molecule has 176 valence electrons. The van der Waals surface area contributed by atoms with Gasteiger partial charge in [0.15, 0.2) is 5.82 Å². The maximum Gasteiger partial charge on any atom is 0.151 e. The van der Waals surface area contributed by atoms with E-state index in [0.29, 0.717) is 6.04 Å². The minimum atomic E-state index is 0.0800. The number of piperidine rings is 1. The lowest BCUT2D eigenvalue weighted by molar-refractivity contribution is 0.158. The Morgan fingerprint density at radius 2 is 1.79 bits per heavy atom. The molecule has 0 spiro atoms. The molecular formula is C26H36N6O. The molecule has 0 saturated carbocycles. The number of methoxy groups -OCH3 is 1. The highest BCUT2D eigenvalue weighted by atomic mass is 16.5. The number of aryl methyl sites for hydroxylation is 1. The van der Waals surface area contributed by atoms with Crippen molar-refractivity contribution in [2.24, 2.45) is 7.05 Å². The fourth-order valence-corrected chi connectivity index (χ4v) is 5.37. The number of aromatic nitrogens is 4. The minimum Gasteiger partial charge on any atom is -0.496 e. The van der Waals surface area contributed by atoms with E-state index in [0.717, 1.165) is 53.3 Å². The maximum absolute atomic E-state index is 5.70. The first kappa shape index (κ1) is 23.2. The molecule has 0 aliphatic carbocycles. The van der Waals surface area contributed by atoms with Gasteiger partial charge in [0.05, 0.1) is 19.0 Å². The summed E-state index contributed by atoms with van der Waals surface area (Å²) in [4.78, 5) is 2.39. The van der Waals surface area contributed by atoms with Gasteiger partial charge in [0.2, 0.25) is 0 Å². The van der Waals surface area contributed by atoms with Crippen LogP contribution in [0, 0.1) is 0 Å². The normalized spacial score (nSPS) is 17.7. The number of rotatable bonds is 6. The van der Waals surface area contributed by atoms with Gasteiger partial charge in [0.25, 0.3) is 0 Å². The largest absolute Gasteiger partial charge is 0.496 e. The maximum atomic E-state index is 5.70. The molecule has 1 N–H and O–H groups in total. The van der Waals surface area contributed by atoms with Crippen molar-refractivity contribution in [3.63, 3.8) is 0 Å². The molecule has 1 aromatic carbocycles. The minimum absolute atomic E-state index is 0.0800. The zero-order valence-corrected chi connectivity index (χ0v) is 20.9. The molecule has 0 bridgehead atoms. The highest BCUT2D eigenvalue weighted by molar-refractivity contribution is 5.74. The van der Waals surface area contributed by atoms with Gasteiger partial charge in [0, 0.05) is 48.0 Å². The first-order valence-electron chi connectivity index (χ1n) is 11.7. The molecule has 1 fully saturated rings. The molecule has 1 saturated heterocycles. The Labute approximate surface area is 197 Å². The van der Waals surface area contributed by atoms with E-state index in [1.54, 1.807) is 11.8 Å². The van der Waals surface area contributed by atoms with Gasteiger partial charge in [-0.3, -0.25) is 4.68 Å². The second-order valence-electron chi connectivity index (χ2n) is 10.3. The van der Waals surface area contributed by atoms with E-state index in [-0.39, 0.29) is 11.1 Å². The monoisotopic (exact) mass is 448 g/mol. The SMILES string of the molecule is CCN(c1ccc(-c2ccc(-c3cnn(C)c3)cc2OC)nn1)C1CC(C)(C)NC(C)(C)C1. The summed E-state index contributed by atoms with van der Waals surface area (Å²) in [5, 5.41) is 17.3. The lowest BCUT2D eigenvalue weighted by Crippen LogP contribution is -2.62. The summed E-state index contributed by atoms with van der Waals surface area (Å²) in [5.74, 6) is 1.69. The fourth-order valence-electron chi connectivity index (χ4n) is 5.37. The topological polar surface area (TPSA) is 68.1 Å². The number of benzene rings is 1. The highest BCUT2D eigenvalue weighted by Gasteiger charge is 2.40. The molecule has 0 amide bonds. The Bertz CT molecular complexity index is 1090. The molecule has 3 aromatic rings. The summed E-state index contributed by atoms with van der Waals surface area (Å²) in [6.07, 6.45) is 5.98. The molecule has 1 aliphatic rings. The van der Waals surface area contributed by atoms with E-state index in [9.17, 15) is 0 Å². The Kier molecular flexibility index (Phi) is 6.18. The molecule has 7 nitrogen and oxygen atoms in total. The van der Waals surface area contributed by atoms with Gasteiger partial charge in [-0.25, -0.2) is 0 Å². The van der Waals surface area contributed by atoms with Crippen LogP contribution in [0.5, 0.6) is 5.75 Å². The van der Waals surface area contributed by atoms with E-state index in [1.165, 1.54) is 0 Å². The zero-order chi connectivity index (χ0) is 23.8. The summed E-state index contributed by atoms with van der Waals surface area (Å²) in [7, 11) is 3.60. The van der Waals surface area contributed by atoms with Gasteiger partial charge < -0.3 is 15.0 Å². The van der Waals surface area contributed by atoms with E-state index in [4.69, 9.17) is 4.74 Å². The van der Waals surface area contributed by atoms with Gasteiger partial charge in [-0.05, 0) is 77.3 Å². The molecule has 0 unspecified atom stereocenters. The van der Waals surface area contributed by atoms with E-state index in [2.05, 4.69) is 72.3 Å². The lowest BCUT2D eigenvalue weighted by Gasteiger charge is -2.49. The highest BCUT2D eigenvalue weighted by Crippen LogP contribution is 2.35. The van der Waals surface area contributed by atoms with Gasteiger partial charge in [0.1, 0.15) is 5.75 Å². The molecule has 33 heavy (non-hydrogen) atoms. The summed E-state index contributed by atoms with van der Waals surface area (Å²) < 4.78 is 7.49. The van der Waals surface area contributed by atoms with Crippen molar-refractivity contribution < 1.29 is 4.74 Å². The second-order valence-corrected chi connectivity index (χ2v) is 10.3. The van der Waals surface area contributed by atoms with Crippen molar-refractivity contribution in [2.45, 2.75) is 64.6 Å². The molecule has 0 atom stereocenters. The van der Waals surface area contributed by atoms with Crippen LogP contribution in [-0.2, 0) is 7.05 Å². The summed E-state index contributed by atoms with van der Waals surface area (Å²) >= 11 is 0. The van der Waals surface area contributed by atoms with Crippen molar-refractivity contribution in [1.29, 1.82) is 0 Å². The molecule has 0 radical (unpaired) electrons. The number of hydrogen-bond acceptors (Lipinski definition) is 6. The quantitative estimate of drug-likeness (QED) is 0.590. The van der Waals surface area contributed by atoms with Crippen LogP contribution in [-0.4, -0.2) is 50.8 Å². The third kappa shape index (κ3) is 5.03. The molecule has 3 heterocycles. The predicted molar refractivity (Wildman–Crippen MR) is 134 cm³/mol. The van der Waals surface area contributed by atoms with Crippen LogP contribution in [0.2, 0.25) is 0 Å². The molecule has 7 heteroatoms. The molecular weight excluding hydrogens is 412 g/mol. The Morgan fingerprint density at radius 1 is 1.06 bits per heavy atom. The predicted octanol–water partition coefficient (Wildman–Crippen LogP) is 4.69. The van der Waals surface area contributed by atoms with Crippen LogP contribution in [0.4, 0.5) is 5.82 Å². The summed E-state index contributed by atoms with van der Waals surface area (Å²) in [5.41, 5.74) is 4.00. The first-order valence-corrected chi connectivity index (χ1v) is 11.7. The Balaban J connectivity index is 1.60. The van der Waals surface area contributed by atoms with Gasteiger partial charge >= 0.3 is 0 Å². The van der Waals surface area contributed by atoms with E-state index < -0.39 is 0 Å². The average molecular weight is 449 g/mol. The Morgan fingerprint density at radius 3 is 2.33 bits per heavy atom. The van der Waals surface area contributed by atoms with Crippen molar-refractivity contribution >= 4 is 5.82 Å². The standard InChI is InChI=1S/C26H36N6O/c1-8-32(20-14-25(2,3)30-26(4,5)15-20)24-12-11-22(28-29-24)21-10-9-18(13-23(21)33-7)19-16-27-31(6)17-19/h9-13,16-17,20,30H,8,14-15H2,1-7H3. The van der Waals surface area contributed by atoms with E-state index >= 15 is 0 Å². The van der Waals surface area contributed by atoms with Crippen molar-refractivity contribution in [3.05, 3.63) is 42.7 Å². The van der Waals surface area contributed by atoms with Crippen molar-refractivity contribution in [2.75, 3.05) is 18.6 Å². The lowest BCUT2D eigenvalue weighted by atomic mass is 9.79. The first-order chi connectivity index (χ1) is 15.6. The van der Waals surface area contributed by atoms with Crippen LogP contribution in [0.3, 0.4) is 0 Å². The fraction of sp³-hybridized carbons (Fsp3) is 0.500. The van der Waals surface area contributed by atoms with Crippen LogP contribution in [0.25, 0.3) is 22.4 Å². The number of hydrogen-bond donors (Lipinski definition) is 1. The number of ether oxygens (including phenoxy) is 1. The molecule has 2 aromatic heterocycles. The van der Waals surface area contributed by atoms with Crippen LogP contribution < -0.4 is 15.0 Å². The van der Waals surface area contributed by atoms with Gasteiger partial charge in [-0.15, -0.1) is 10.2 Å². The molecule has 4 rings (SSSR count).